The maximum atomic E-state index is 6.90. The fraction of sp³-hybridized carbons (Fsp3) is 0.200. The molecule has 14 rings (SSSR count). The van der Waals surface area contributed by atoms with Gasteiger partial charge in [-0.25, -0.2) is 0 Å². The minimum atomic E-state index is -0.312. The Morgan fingerprint density at radius 2 is 1.17 bits per heavy atom. The Kier molecular flexibility index (Phi) is 8.73. The number of hydrogen-bond donors (Lipinski definition) is 0. The minimum absolute atomic E-state index is 0.00924. The van der Waals surface area contributed by atoms with Crippen molar-refractivity contribution < 1.29 is 13.9 Å². The molecule has 1 aromatic heterocycles. The molecular weight excluding hydrogens is 868 g/mol. The van der Waals surface area contributed by atoms with E-state index in [1.165, 1.54) is 66.6 Å². The van der Waals surface area contributed by atoms with Gasteiger partial charge in [0.25, 0.3) is 0 Å². The summed E-state index contributed by atoms with van der Waals surface area (Å²) in [5.74, 6) is 2.80. The quantitative estimate of drug-likeness (QED) is 0.165. The van der Waals surface area contributed by atoms with Gasteiger partial charge in [-0.1, -0.05) is 146 Å². The minimum Gasteiger partial charge on any atom is -0.456 e. The zero-order valence-corrected chi connectivity index (χ0v) is 41.7. The first-order chi connectivity index (χ1) is 34.2. The predicted molar refractivity (Wildman–Crippen MR) is 296 cm³/mol. The van der Waals surface area contributed by atoms with Crippen LogP contribution in [0.4, 0.5) is 28.4 Å². The number of rotatable bonds is 3. The molecule has 4 heterocycles. The number of ether oxygens (including phenoxy) is 2. The molecule has 346 valence electrons. The summed E-state index contributed by atoms with van der Waals surface area (Å²) in [5.41, 5.74) is 19.8. The lowest BCUT2D eigenvalue weighted by Crippen LogP contribution is -2.61. The first kappa shape index (κ1) is 42.2. The Morgan fingerprint density at radius 1 is 0.507 bits per heavy atom. The molecule has 4 aliphatic rings. The SMILES string of the molecule is Cc1cc2c(cc1N1c3cc4c(cc3B3c5c(cc6ccccc6c51)-c1cc5c(cc1N3c1ccc(C(C)(C)C)cc1-c1ccccc1)oc1ccccc15)Oc1ccccc1O4)C(C)(C)CCC2(C)C. The summed E-state index contributed by atoms with van der Waals surface area (Å²) >= 11 is 0. The topological polar surface area (TPSA) is 38.1 Å². The van der Waals surface area contributed by atoms with Crippen molar-refractivity contribution in [3.05, 3.63) is 186 Å². The second-order valence-corrected chi connectivity index (χ2v) is 22.8. The molecular formula is C65H55BN2O3. The third kappa shape index (κ3) is 6.19. The van der Waals surface area contributed by atoms with Crippen LogP contribution >= 0.6 is 0 Å². The maximum absolute atomic E-state index is 6.90. The van der Waals surface area contributed by atoms with Gasteiger partial charge in [0.05, 0.1) is 5.69 Å². The van der Waals surface area contributed by atoms with Crippen LogP contribution in [0.3, 0.4) is 0 Å². The summed E-state index contributed by atoms with van der Waals surface area (Å²) in [7, 11) is 0. The lowest BCUT2D eigenvalue weighted by molar-refractivity contribution is 0.332. The average Bonchev–Trinajstić information content (AvgIpc) is 3.73. The van der Waals surface area contributed by atoms with Gasteiger partial charge in [0.15, 0.2) is 23.0 Å². The molecule has 5 nitrogen and oxygen atoms in total. The van der Waals surface area contributed by atoms with Gasteiger partial charge in [0, 0.05) is 62.2 Å². The second kappa shape index (κ2) is 14.7. The van der Waals surface area contributed by atoms with Crippen LogP contribution in [0.5, 0.6) is 23.0 Å². The van der Waals surface area contributed by atoms with Crippen LogP contribution in [0.2, 0.25) is 0 Å². The Balaban J connectivity index is 1.15. The van der Waals surface area contributed by atoms with E-state index in [9.17, 15) is 0 Å². The van der Waals surface area contributed by atoms with Gasteiger partial charge in [-0.05, 0) is 140 Å². The van der Waals surface area contributed by atoms with Gasteiger partial charge in [-0.3, -0.25) is 0 Å². The van der Waals surface area contributed by atoms with Gasteiger partial charge in [-0.2, -0.15) is 0 Å². The summed E-state index contributed by atoms with van der Waals surface area (Å²) in [4.78, 5) is 5.23. The summed E-state index contributed by atoms with van der Waals surface area (Å²) < 4.78 is 20.6. The molecule has 0 amide bonds. The Bertz CT molecular complexity index is 3910. The van der Waals surface area contributed by atoms with Crippen LogP contribution in [0.15, 0.2) is 168 Å². The molecule has 0 saturated carbocycles. The van der Waals surface area contributed by atoms with Crippen molar-refractivity contribution in [1.29, 1.82) is 0 Å². The summed E-state index contributed by atoms with van der Waals surface area (Å²) in [6.45, 7) is 18.6. The molecule has 0 atom stereocenters. The van der Waals surface area contributed by atoms with Gasteiger partial charge >= 0.3 is 6.85 Å². The third-order valence-corrected chi connectivity index (χ3v) is 16.4. The van der Waals surface area contributed by atoms with Crippen LogP contribution in [0.25, 0.3) is 55.0 Å². The van der Waals surface area contributed by atoms with Crippen LogP contribution in [-0.4, -0.2) is 6.85 Å². The Labute approximate surface area is 416 Å². The molecule has 0 radical (unpaired) electrons. The fourth-order valence-corrected chi connectivity index (χ4v) is 12.5. The molecule has 10 aromatic rings. The number of furan rings is 1. The van der Waals surface area contributed by atoms with Gasteiger partial charge in [0.1, 0.15) is 11.2 Å². The largest absolute Gasteiger partial charge is 0.456 e. The lowest BCUT2D eigenvalue weighted by Gasteiger charge is -2.48. The number of aryl methyl sites for hydroxylation is 1. The van der Waals surface area contributed by atoms with Crippen molar-refractivity contribution >= 4 is 78.9 Å². The summed E-state index contributed by atoms with van der Waals surface area (Å²) in [5, 5.41) is 4.60. The van der Waals surface area contributed by atoms with Crippen molar-refractivity contribution in [3.8, 4) is 45.3 Å². The Morgan fingerprint density at radius 3 is 1.92 bits per heavy atom. The molecule has 3 aliphatic heterocycles. The van der Waals surface area contributed by atoms with Crippen molar-refractivity contribution in [2.45, 2.75) is 84.5 Å². The standard InChI is InChI=1S/C65H55BN2O3/c1-38-30-48-49(65(7,8)29-28-64(48,5)6)34-52(38)67-54-37-60-59(70-56-24-16-17-25-57(56)71-60)35-50(54)66-61-47(31-40-20-12-13-21-42(40)62(61)67)45-33-46-43-22-14-15-23-55(43)69-58(46)36-53(45)68(66)51-27-26-41(63(2,3)4)32-44(51)39-18-10-9-11-19-39/h9-27,30-37H,28-29H2,1-8H3. The normalized spacial score (nSPS) is 15.9. The number of benzene rings is 9. The highest BCUT2D eigenvalue weighted by atomic mass is 16.6. The second-order valence-electron chi connectivity index (χ2n) is 22.8. The van der Waals surface area contributed by atoms with E-state index in [1.54, 1.807) is 0 Å². The van der Waals surface area contributed by atoms with Crippen molar-refractivity contribution in [2.75, 3.05) is 9.71 Å². The number of para-hydroxylation sites is 3. The fourth-order valence-electron chi connectivity index (χ4n) is 12.5. The van der Waals surface area contributed by atoms with E-state index in [-0.39, 0.29) is 23.1 Å². The highest BCUT2D eigenvalue weighted by molar-refractivity contribution is 6.94. The van der Waals surface area contributed by atoms with E-state index in [1.807, 2.05) is 24.3 Å². The van der Waals surface area contributed by atoms with Crippen LogP contribution in [0, 0.1) is 6.92 Å². The van der Waals surface area contributed by atoms with E-state index in [0.29, 0.717) is 23.0 Å². The van der Waals surface area contributed by atoms with Gasteiger partial charge < -0.3 is 23.6 Å². The van der Waals surface area contributed by atoms with Gasteiger partial charge in [-0.15, -0.1) is 0 Å². The van der Waals surface area contributed by atoms with Crippen LogP contribution < -0.4 is 30.1 Å². The first-order valence-corrected chi connectivity index (χ1v) is 25.3. The maximum Gasteiger partial charge on any atom is 0.333 e. The summed E-state index contributed by atoms with van der Waals surface area (Å²) in [6, 6.07) is 60.3. The molecule has 0 bridgehead atoms. The predicted octanol–water partition coefficient (Wildman–Crippen LogP) is 17.0. The molecule has 6 heteroatoms. The van der Waals surface area contributed by atoms with Crippen LogP contribution in [0.1, 0.15) is 83.6 Å². The van der Waals surface area contributed by atoms with E-state index in [0.717, 1.165) is 62.9 Å². The molecule has 0 fully saturated rings. The first-order valence-electron chi connectivity index (χ1n) is 25.3. The number of anilines is 5. The molecule has 71 heavy (non-hydrogen) atoms. The van der Waals surface area contributed by atoms with E-state index >= 15 is 0 Å². The zero-order chi connectivity index (χ0) is 48.3. The van der Waals surface area contributed by atoms with Crippen LogP contribution in [-0.2, 0) is 16.2 Å². The molecule has 0 spiro atoms. The van der Waals surface area contributed by atoms with Crippen molar-refractivity contribution in [2.24, 2.45) is 0 Å². The lowest BCUT2D eigenvalue weighted by atomic mass is 9.43. The zero-order valence-electron chi connectivity index (χ0n) is 41.7. The molecule has 0 saturated heterocycles. The molecule has 0 unspecified atom stereocenters. The van der Waals surface area contributed by atoms with E-state index < -0.39 is 0 Å². The van der Waals surface area contributed by atoms with Crippen molar-refractivity contribution in [1.82, 2.24) is 0 Å². The molecule has 1 aliphatic carbocycles. The molecule has 0 N–H and O–H groups in total. The summed E-state index contributed by atoms with van der Waals surface area (Å²) in [6.07, 6.45) is 2.27. The third-order valence-electron chi connectivity index (χ3n) is 16.4. The highest BCUT2D eigenvalue weighted by Crippen LogP contribution is 2.56. The van der Waals surface area contributed by atoms with E-state index in [4.69, 9.17) is 13.9 Å². The van der Waals surface area contributed by atoms with Gasteiger partial charge in [0.2, 0.25) is 0 Å². The highest BCUT2D eigenvalue weighted by Gasteiger charge is 2.48. The smallest absolute Gasteiger partial charge is 0.333 e. The van der Waals surface area contributed by atoms with E-state index in [2.05, 4.69) is 205 Å². The monoisotopic (exact) mass is 922 g/mol. The average molecular weight is 923 g/mol. The number of fused-ring (bicyclic) bond motifs is 12. The number of nitrogens with zero attached hydrogens (tertiary/aromatic N) is 2. The van der Waals surface area contributed by atoms with Crippen molar-refractivity contribution in [3.63, 3.8) is 0 Å². The number of hydrogen-bond acceptors (Lipinski definition) is 5. The molecule has 9 aromatic carbocycles. The Hall–Kier alpha value is -7.70.